The van der Waals surface area contributed by atoms with Gasteiger partial charge in [0.05, 0.1) is 22.4 Å². The molecule has 0 aliphatic rings. The topological polar surface area (TPSA) is 85.3 Å². The number of hydrazone groups is 1. The van der Waals surface area contributed by atoms with Crippen LogP contribution in [0.4, 0.5) is 11.4 Å². The Balaban J connectivity index is 2.19. The number of aryl methyl sites for hydroxylation is 1. The second kappa shape index (κ2) is 7.23. The van der Waals surface area contributed by atoms with Crippen molar-refractivity contribution in [3.63, 3.8) is 0 Å². The highest BCUT2D eigenvalue weighted by Crippen LogP contribution is 2.23. The van der Waals surface area contributed by atoms with Crippen molar-refractivity contribution >= 4 is 29.2 Å². The normalized spacial score (nSPS) is 11.3. The van der Waals surface area contributed by atoms with Crippen LogP contribution < -0.4 is 5.43 Å². The van der Waals surface area contributed by atoms with Crippen LogP contribution in [0.3, 0.4) is 0 Å². The van der Waals surface area contributed by atoms with Crippen molar-refractivity contribution in [3.05, 3.63) is 50.8 Å². The van der Waals surface area contributed by atoms with Crippen LogP contribution in [0.2, 0.25) is 5.15 Å². The molecular formula is C15H18ClN5O2. The fourth-order valence-electron chi connectivity index (χ4n) is 2.07. The Morgan fingerprint density at radius 1 is 1.48 bits per heavy atom. The van der Waals surface area contributed by atoms with Crippen molar-refractivity contribution in [3.8, 4) is 0 Å². The third kappa shape index (κ3) is 4.07. The minimum atomic E-state index is -0.462. The third-order valence-corrected chi connectivity index (χ3v) is 3.53. The standard InChI is InChI=1S/C15H18ClN5O2/c1-10(2)9-20-15(16)12(11(3)19-20)8-17-18-13-6-4-5-7-14(13)21(22)23/h4-8,10,18H,9H2,1-3H3/b17-8-. The molecule has 23 heavy (non-hydrogen) atoms. The number of nitrogens with zero attached hydrogens (tertiary/aromatic N) is 4. The predicted octanol–water partition coefficient (Wildman–Crippen LogP) is 3.86. The molecule has 0 amide bonds. The molecule has 1 aromatic carbocycles. The lowest BCUT2D eigenvalue weighted by Gasteiger charge is -2.05. The van der Waals surface area contributed by atoms with Crippen LogP contribution in [-0.4, -0.2) is 20.9 Å². The van der Waals surface area contributed by atoms with E-state index in [1.165, 1.54) is 12.3 Å². The first-order valence-corrected chi connectivity index (χ1v) is 7.53. The number of anilines is 1. The van der Waals surface area contributed by atoms with E-state index in [9.17, 15) is 10.1 Å². The first-order valence-electron chi connectivity index (χ1n) is 7.15. The van der Waals surface area contributed by atoms with Crippen LogP contribution in [0.25, 0.3) is 0 Å². The molecule has 0 saturated heterocycles. The molecule has 0 aliphatic carbocycles. The van der Waals surface area contributed by atoms with Gasteiger partial charge < -0.3 is 0 Å². The first-order chi connectivity index (χ1) is 10.9. The van der Waals surface area contributed by atoms with E-state index in [2.05, 4.69) is 29.5 Å². The van der Waals surface area contributed by atoms with E-state index in [0.29, 0.717) is 28.9 Å². The van der Waals surface area contributed by atoms with Crippen molar-refractivity contribution in [2.75, 3.05) is 5.43 Å². The fourth-order valence-corrected chi connectivity index (χ4v) is 2.37. The van der Waals surface area contributed by atoms with Gasteiger partial charge in [0.25, 0.3) is 5.69 Å². The summed E-state index contributed by atoms with van der Waals surface area (Å²) in [6, 6.07) is 6.30. The average molecular weight is 336 g/mol. The number of halogens is 1. The monoisotopic (exact) mass is 335 g/mol. The van der Waals surface area contributed by atoms with E-state index < -0.39 is 4.92 Å². The van der Waals surface area contributed by atoms with Crippen LogP contribution in [0, 0.1) is 23.0 Å². The van der Waals surface area contributed by atoms with Crippen LogP contribution >= 0.6 is 11.6 Å². The fraction of sp³-hybridized carbons (Fsp3) is 0.333. The van der Waals surface area contributed by atoms with Crippen molar-refractivity contribution in [1.82, 2.24) is 9.78 Å². The Kier molecular flexibility index (Phi) is 5.33. The van der Waals surface area contributed by atoms with Gasteiger partial charge in [-0.25, -0.2) is 0 Å². The number of benzene rings is 1. The number of hydrogen-bond acceptors (Lipinski definition) is 5. The molecule has 0 fully saturated rings. The lowest BCUT2D eigenvalue weighted by atomic mass is 10.2. The Morgan fingerprint density at radius 2 is 2.17 bits per heavy atom. The molecule has 1 heterocycles. The largest absolute Gasteiger partial charge is 0.294 e. The molecule has 0 aliphatic heterocycles. The molecule has 7 nitrogen and oxygen atoms in total. The van der Waals surface area contributed by atoms with Crippen molar-refractivity contribution in [2.24, 2.45) is 11.0 Å². The molecule has 0 radical (unpaired) electrons. The number of nitrogens with one attached hydrogen (secondary N) is 1. The average Bonchev–Trinajstić information content (AvgIpc) is 2.74. The van der Waals surface area contributed by atoms with E-state index in [-0.39, 0.29) is 5.69 Å². The molecule has 2 rings (SSSR count). The Hall–Kier alpha value is -2.41. The summed E-state index contributed by atoms with van der Waals surface area (Å²) in [6.07, 6.45) is 1.53. The molecule has 8 heteroatoms. The predicted molar refractivity (Wildman–Crippen MR) is 91.1 cm³/mol. The Labute approximate surface area is 139 Å². The van der Waals surface area contributed by atoms with Gasteiger partial charge >= 0.3 is 0 Å². The summed E-state index contributed by atoms with van der Waals surface area (Å²) in [7, 11) is 0. The number of hydrogen-bond donors (Lipinski definition) is 1. The number of rotatable bonds is 6. The number of para-hydroxylation sites is 2. The smallest absolute Gasteiger partial charge is 0.272 e. The summed E-state index contributed by atoms with van der Waals surface area (Å²) in [4.78, 5) is 10.5. The van der Waals surface area contributed by atoms with Crippen LogP contribution in [-0.2, 0) is 6.54 Å². The summed E-state index contributed by atoms with van der Waals surface area (Å²) in [5, 5.41) is 19.9. The molecule has 0 unspecified atom stereocenters. The maximum atomic E-state index is 10.9. The van der Waals surface area contributed by atoms with Gasteiger partial charge in [0.15, 0.2) is 0 Å². The lowest BCUT2D eigenvalue weighted by Crippen LogP contribution is -2.06. The van der Waals surface area contributed by atoms with E-state index in [4.69, 9.17) is 11.6 Å². The van der Waals surface area contributed by atoms with Gasteiger partial charge in [-0.3, -0.25) is 20.2 Å². The molecule has 122 valence electrons. The highest BCUT2D eigenvalue weighted by molar-refractivity contribution is 6.32. The molecular weight excluding hydrogens is 318 g/mol. The molecule has 0 saturated carbocycles. The Bertz CT molecular complexity index is 739. The van der Waals surface area contributed by atoms with E-state index in [0.717, 1.165) is 5.69 Å². The summed E-state index contributed by atoms with van der Waals surface area (Å²) < 4.78 is 1.73. The van der Waals surface area contributed by atoms with Gasteiger partial charge in [0, 0.05) is 12.6 Å². The molecule has 1 N–H and O–H groups in total. The maximum Gasteiger partial charge on any atom is 0.294 e. The van der Waals surface area contributed by atoms with Gasteiger partial charge in [-0.2, -0.15) is 10.2 Å². The molecule has 0 spiro atoms. The zero-order chi connectivity index (χ0) is 17.0. The van der Waals surface area contributed by atoms with Crippen LogP contribution in [0.15, 0.2) is 29.4 Å². The van der Waals surface area contributed by atoms with E-state index in [1.54, 1.807) is 22.9 Å². The molecule has 0 bridgehead atoms. The third-order valence-electron chi connectivity index (χ3n) is 3.13. The van der Waals surface area contributed by atoms with Crippen LogP contribution in [0.1, 0.15) is 25.1 Å². The Morgan fingerprint density at radius 3 is 2.83 bits per heavy atom. The summed E-state index contributed by atoms with van der Waals surface area (Å²) in [5.41, 5.74) is 4.40. The number of nitro groups is 1. The number of aromatic nitrogens is 2. The minimum absolute atomic E-state index is 0.0389. The van der Waals surface area contributed by atoms with E-state index >= 15 is 0 Å². The van der Waals surface area contributed by atoms with Gasteiger partial charge in [0.1, 0.15) is 10.8 Å². The van der Waals surface area contributed by atoms with Gasteiger partial charge in [-0.1, -0.05) is 37.6 Å². The highest BCUT2D eigenvalue weighted by Gasteiger charge is 2.13. The highest BCUT2D eigenvalue weighted by atomic mass is 35.5. The van der Waals surface area contributed by atoms with Crippen LogP contribution in [0.5, 0.6) is 0 Å². The lowest BCUT2D eigenvalue weighted by molar-refractivity contribution is -0.384. The van der Waals surface area contributed by atoms with Crippen molar-refractivity contribution < 1.29 is 4.92 Å². The second-order valence-electron chi connectivity index (χ2n) is 5.51. The number of nitro benzene ring substituents is 1. The summed E-state index contributed by atoms with van der Waals surface area (Å²) in [6.45, 7) is 6.72. The molecule has 0 atom stereocenters. The van der Waals surface area contributed by atoms with Crippen molar-refractivity contribution in [1.29, 1.82) is 0 Å². The van der Waals surface area contributed by atoms with E-state index in [1.807, 2.05) is 6.92 Å². The summed E-state index contributed by atoms with van der Waals surface area (Å²) in [5.74, 6) is 0.418. The molecule has 2 aromatic rings. The first kappa shape index (κ1) is 17.0. The SMILES string of the molecule is Cc1nn(CC(C)C)c(Cl)c1/C=N\Nc1ccccc1[N+](=O)[O-]. The zero-order valence-corrected chi connectivity index (χ0v) is 13.9. The maximum absolute atomic E-state index is 10.9. The molecule has 1 aromatic heterocycles. The zero-order valence-electron chi connectivity index (χ0n) is 13.2. The van der Waals surface area contributed by atoms with Crippen molar-refractivity contribution in [2.45, 2.75) is 27.3 Å². The van der Waals surface area contributed by atoms with Gasteiger partial charge in [0.2, 0.25) is 0 Å². The van der Waals surface area contributed by atoms with Gasteiger partial charge in [-0.05, 0) is 18.9 Å². The quantitative estimate of drug-likeness (QED) is 0.493. The minimum Gasteiger partial charge on any atom is -0.272 e. The van der Waals surface area contributed by atoms with Gasteiger partial charge in [-0.15, -0.1) is 0 Å². The second-order valence-corrected chi connectivity index (χ2v) is 5.87. The summed E-state index contributed by atoms with van der Waals surface area (Å²) >= 11 is 6.31.